The quantitative estimate of drug-likeness (QED) is 0.921. The number of carbonyl (C=O) groups excluding carboxylic acids is 1. The van der Waals surface area contributed by atoms with E-state index >= 15 is 0 Å². The third-order valence-electron chi connectivity index (χ3n) is 3.94. The van der Waals surface area contributed by atoms with E-state index in [0.717, 1.165) is 28.4 Å². The molecule has 2 heterocycles. The maximum atomic E-state index is 12.1. The Kier molecular flexibility index (Phi) is 4.85. The molecule has 0 aliphatic carbocycles. The van der Waals surface area contributed by atoms with Gasteiger partial charge < -0.3 is 10.1 Å². The van der Waals surface area contributed by atoms with Crippen LogP contribution in [0.1, 0.15) is 35.9 Å². The summed E-state index contributed by atoms with van der Waals surface area (Å²) < 4.78 is 7.78. The second-order valence-electron chi connectivity index (χ2n) is 6.45. The van der Waals surface area contributed by atoms with Crippen molar-refractivity contribution in [2.24, 2.45) is 13.0 Å². The largest absolute Gasteiger partial charge is 0.493 e. The normalized spacial score (nSPS) is 17.4. The van der Waals surface area contributed by atoms with Gasteiger partial charge in [-0.05, 0) is 18.9 Å². The summed E-state index contributed by atoms with van der Waals surface area (Å²) in [5.74, 6) is 2.54. The van der Waals surface area contributed by atoms with Crippen molar-refractivity contribution in [1.29, 1.82) is 0 Å². The van der Waals surface area contributed by atoms with E-state index in [0.29, 0.717) is 18.3 Å². The van der Waals surface area contributed by atoms with Gasteiger partial charge in [0.25, 0.3) is 0 Å². The number of nitrogens with one attached hydrogen (secondary N) is 1. The van der Waals surface area contributed by atoms with Gasteiger partial charge >= 0.3 is 0 Å². The van der Waals surface area contributed by atoms with Crippen LogP contribution in [0.3, 0.4) is 0 Å². The molecule has 1 aliphatic rings. The van der Waals surface area contributed by atoms with Gasteiger partial charge in [-0.15, -0.1) is 11.8 Å². The highest BCUT2D eigenvalue weighted by Crippen LogP contribution is 2.45. The number of benzene rings is 1. The first-order valence-corrected chi connectivity index (χ1v) is 9.19. The fourth-order valence-corrected chi connectivity index (χ4v) is 4.09. The van der Waals surface area contributed by atoms with Crippen LogP contribution < -0.4 is 10.1 Å². The first-order valence-electron chi connectivity index (χ1n) is 8.14. The number of thioether (sulfide) groups is 1. The third-order valence-corrected chi connectivity index (χ3v) is 5.20. The smallest absolute Gasteiger partial charge is 0.235 e. The average molecular weight is 345 g/mol. The van der Waals surface area contributed by atoms with E-state index in [1.165, 1.54) is 0 Å². The summed E-state index contributed by atoms with van der Waals surface area (Å²) in [5.41, 5.74) is 3.09. The Morgan fingerprint density at radius 3 is 2.92 bits per heavy atom. The number of carbonyl (C=O) groups is 1. The fraction of sp³-hybridized carbons (Fsp3) is 0.444. The van der Waals surface area contributed by atoms with Crippen molar-refractivity contribution in [3.63, 3.8) is 0 Å². The predicted molar refractivity (Wildman–Crippen MR) is 97.7 cm³/mol. The fourth-order valence-electron chi connectivity index (χ4n) is 2.88. The van der Waals surface area contributed by atoms with Crippen LogP contribution in [0.2, 0.25) is 0 Å². The van der Waals surface area contributed by atoms with Gasteiger partial charge in [0.05, 0.1) is 23.3 Å². The first-order chi connectivity index (χ1) is 11.5. The number of aromatic nitrogens is 2. The van der Waals surface area contributed by atoms with Crippen LogP contribution >= 0.6 is 11.8 Å². The Balaban J connectivity index is 2.05. The van der Waals surface area contributed by atoms with Crippen LogP contribution in [0.4, 0.5) is 5.82 Å². The number of amides is 1. The number of ether oxygens (including phenoxy) is 1. The van der Waals surface area contributed by atoms with Gasteiger partial charge in [-0.1, -0.05) is 32.0 Å². The average Bonchev–Trinajstić information content (AvgIpc) is 2.71. The van der Waals surface area contributed by atoms with Crippen molar-refractivity contribution in [3.05, 3.63) is 41.1 Å². The van der Waals surface area contributed by atoms with Gasteiger partial charge in [-0.25, -0.2) is 0 Å². The molecule has 1 N–H and O–H groups in total. The Morgan fingerprint density at radius 2 is 2.17 bits per heavy atom. The zero-order valence-corrected chi connectivity index (χ0v) is 15.3. The maximum Gasteiger partial charge on any atom is 0.235 e. The minimum Gasteiger partial charge on any atom is -0.493 e. The van der Waals surface area contributed by atoms with E-state index < -0.39 is 0 Å². The molecular formula is C18H23N3O2S. The van der Waals surface area contributed by atoms with Crippen LogP contribution in [0.15, 0.2) is 24.3 Å². The van der Waals surface area contributed by atoms with Crippen molar-refractivity contribution in [2.75, 3.05) is 17.7 Å². The summed E-state index contributed by atoms with van der Waals surface area (Å²) in [4.78, 5) is 12.1. The lowest BCUT2D eigenvalue weighted by atomic mass is 10.0. The number of nitrogens with zero attached hydrogens (tertiary/aromatic N) is 2. The van der Waals surface area contributed by atoms with E-state index in [9.17, 15) is 4.79 Å². The van der Waals surface area contributed by atoms with E-state index in [1.54, 1.807) is 16.4 Å². The molecule has 2 aromatic rings. The van der Waals surface area contributed by atoms with E-state index in [-0.39, 0.29) is 11.2 Å². The monoisotopic (exact) mass is 345 g/mol. The lowest BCUT2D eigenvalue weighted by molar-refractivity contribution is -0.113. The van der Waals surface area contributed by atoms with Crippen LogP contribution in [-0.4, -0.2) is 28.0 Å². The first kappa shape index (κ1) is 16.9. The number of anilines is 1. The van der Waals surface area contributed by atoms with E-state index in [2.05, 4.69) is 30.3 Å². The predicted octanol–water partition coefficient (Wildman–Crippen LogP) is 3.54. The molecule has 5 nitrogen and oxygen atoms in total. The summed E-state index contributed by atoms with van der Waals surface area (Å²) in [5, 5.41) is 7.50. The molecule has 1 aliphatic heterocycles. The highest BCUT2D eigenvalue weighted by Gasteiger charge is 2.31. The SMILES string of the molecule is Cc1nn(C)c2c1C(c1ccccc1OCC(C)C)SCC(=O)N2. The summed E-state index contributed by atoms with van der Waals surface area (Å²) >= 11 is 1.62. The lowest BCUT2D eigenvalue weighted by Crippen LogP contribution is -2.15. The molecule has 128 valence electrons. The van der Waals surface area contributed by atoms with Crippen molar-refractivity contribution < 1.29 is 9.53 Å². The van der Waals surface area contributed by atoms with Crippen molar-refractivity contribution in [1.82, 2.24) is 9.78 Å². The Morgan fingerprint density at radius 1 is 1.42 bits per heavy atom. The second kappa shape index (κ2) is 6.89. The van der Waals surface area contributed by atoms with Crippen LogP contribution in [0, 0.1) is 12.8 Å². The molecule has 0 radical (unpaired) electrons. The Hall–Kier alpha value is -1.95. The maximum absolute atomic E-state index is 12.1. The van der Waals surface area contributed by atoms with Gasteiger partial charge in [-0.3, -0.25) is 9.48 Å². The summed E-state index contributed by atoms with van der Waals surface area (Å²) in [6.07, 6.45) is 0. The van der Waals surface area contributed by atoms with Crippen LogP contribution in [0.5, 0.6) is 5.75 Å². The molecule has 24 heavy (non-hydrogen) atoms. The number of hydrogen-bond donors (Lipinski definition) is 1. The van der Waals surface area contributed by atoms with E-state index in [4.69, 9.17) is 4.74 Å². The minimum absolute atomic E-state index is 0.00679. The second-order valence-corrected chi connectivity index (χ2v) is 7.55. The van der Waals surface area contributed by atoms with Gasteiger partial charge in [0.15, 0.2) is 0 Å². The topological polar surface area (TPSA) is 56.2 Å². The number of rotatable bonds is 4. The number of para-hydroxylation sites is 1. The Labute approximate surface area is 146 Å². The van der Waals surface area contributed by atoms with Gasteiger partial charge in [-0.2, -0.15) is 5.10 Å². The van der Waals surface area contributed by atoms with Crippen molar-refractivity contribution in [2.45, 2.75) is 26.0 Å². The van der Waals surface area contributed by atoms with Crippen molar-refractivity contribution >= 4 is 23.5 Å². The molecular weight excluding hydrogens is 322 g/mol. The zero-order valence-electron chi connectivity index (χ0n) is 14.5. The minimum atomic E-state index is 0.00679. The standard InChI is InChI=1S/C18H23N3O2S/c1-11(2)9-23-14-8-6-5-7-13(14)17-16-12(3)20-21(4)18(16)19-15(22)10-24-17/h5-8,11,17H,9-10H2,1-4H3,(H,19,22). The molecule has 0 saturated carbocycles. The highest BCUT2D eigenvalue weighted by atomic mass is 32.2. The highest BCUT2D eigenvalue weighted by molar-refractivity contribution is 8.00. The lowest BCUT2D eigenvalue weighted by Gasteiger charge is -2.20. The van der Waals surface area contributed by atoms with Gasteiger partial charge in [0, 0.05) is 18.2 Å². The molecule has 1 unspecified atom stereocenters. The van der Waals surface area contributed by atoms with E-state index in [1.807, 2.05) is 32.2 Å². The molecule has 6 heteroatoms. The van der Waals surface area contributed by atoms with Gasteiger partial charge in [0.1, 0.15) is 11.6 Å². The number of aryl methyl sites for hydroxylation is 2. The Bertz CT molecular complexity index is 755. The summed E-state index contributed by atoms with van der Waals surface area (Å²) in [6, 6.07) is 8.09. The number of fused-ring (bicyclic) bond motifs is 1. The molecule has 0 fully saturated rings. The molecule has 3 rings (SSSR count). The molecule has 1 aromatic heterocycles. The van der Waals surface area contributed by atoms with Gasteiger partial charge in [0.2, 0.25) is 5.91 Å². The molecule has 1 aromatic carbocycles. The van der Waals surface area contributed by atoms with Crippen molar-refractivity contribution in [3.8, 4) is 5.75 Å². The van der Waals surface area contributed by atoms with Crippen LogP contribution in [-0.2, 0) is 11.8 Å². The molecule has 0 bridgehead atoms. The summed E-state index contributed by atoms with van der Waals surface area (Å²) in [7, 11) is 1.86. The van der Waals surface area contributed by atoms with Crippen LogP contribution in [0.25, 0.3) is 0 Å². The molecule has 0 spiro atoms. The third kappa shape index (κ3) is 3.29. The molecule has 0 saturated heterocycles. The number of hydrogen-bond acceptors (Lipinski definition) is 4. The molecule has 1 amide bonds. The molecule has 1 atom stereocenters. The summed E-state index contributed by atoms with van der Waals surface area (Å²) in [6.45, 7) is 6.93. The zero-order chi connectivity index (χ0) is 17.3.